The second-order valence-electron chi connectivity index (χ2n) is 9.70. The van der Waals surface area contributed by atoms with Gasteiger partial charge in [0.2, 0.25) is 0 Å². The molecule has 0 spiro atoms. The summed E-state index contributed by atoms with van der Waals surface area (Å²) in [4.78, 5) is 0. The molecule has 1 saturated carbocycles. The average Bonchev–Trinajstić information content (AvgIpc) is 2.95. The molecular formula is C27H34Si. The lowest BCUT2D eigenvalue weighted by Gasteiger charge is -2.41. The second kappa shape index (κ2) is 7.19. The second-order valence-corrected chi connectivity index (χ2v) is 13.9. The third-order valence-electron chi connectivity index (χ3n) is 7.28. The molecule has 1 heteroatoms. The van der Waals surface area contributed by atoms with Crippen LogP contribution in [-0.2, 0) is 0 Å². The maximum absolute atomic E-state index is 2.66. The van der Waals surface area contributed by atoms with Crippen LogP contribution < -0.4 is 10.4 Å². The molecule has 2 aromatic rings. The smallest absolute Gasteiger partial charge is 0.0808 e. The van der Waals surface area contributed by atoms with Gasteiger partial charge in [0.15, 0.2) is 0 Å². The molecular weight excluding hydrogens is 352 g/mol. The Morgan fingerprint density at radius 3 is 1.68 bits per heavy atom. The maximum atomic E-state index is 2.66. The van der Waals surface area contributed by atoms with Crippen molar-refractivity contribution in [3.05, 3.63) is 83.0 Å². The third-order valence-corrected chi connectivity index (χ3v) is 12.5. The van der Waals surface area contributed by atoms with Crippen LogP contribution >= 0.6 is 0 Å². The minimum absolute atomic E-state index is 0.679. The van der Waals surface area contributed by atoms with Crippen LogP contribution in [0.15, 0.2) is 60.7 Å². The molecule has 2 aromatic carbocycles. The van der Waals surface area contributed by atoms with Crippen molar-refractivity contribution in [2.45, 2.75) is 53.1 Å². The van der Waals surface area contributed by atoms with Crippen molar-refractivity contribution in [2.24, 2.45) is 17.8 Å². The Labute approximate surface area is 172 Å². The van der Waals surface area contributed by atoms with E-state index < -0.39 is 8.07 Å². The number of benzene rings is 2. The standard InChI is InChI=1S/C27H34Si/c1-18-11-19(2)14-24(13-18)28(6,25-15-20(3)12-21(4)16-25)27-22(5)17-23-9-7-8-10-26(23)27/h7-16,22-23,26-27H,17H2,1-6H3. The van der Waals surface area contributed by atoms with Crippen molar-refractivity contribution in [1.82, 2.24) is 0 Å². The van der Waals surface area contributed by atoms with Crippen molar-refractivity contribution in [2.75, 3.05) is 0 Å². The SMILES string of the molecule is Cc1cc(C)cc([Si](C)(c2cc(C)cc(C)c2)C2C(C)CC3C=CC=CC32)c1. The molecule has 0 bridgehead atoms. The molecule has 2 aliphatic carbocycles. The Hall–Kier alpha value is -1.86. The molecule has 0 amide bonds. The fourth-order valence-electron chi connectivity index (χ4n) is 6.30. The predicted molar refractivity (Wildman–Crippen MR) is 126 cm³/mol. The van der Waals surface area contributed by atoms with E-state index in [0.29, 0.717) is 11.8 Å². The van der Waals surface area contributed by atoms with Crippen LogP contribution in [0.1, 0.15) is 35.6 Å². The van der Waals surface area contributed by atoms with E-state index in [4.69, 9.17) is 0 Å². The van der Waals surface area contributed by atoms with Crippen LogP contribution in [0.5, 0.6) is 0 Å². The summed E-state index contributed by atoms with van der Waals surface area (Å²) in [5.74, 6) is 2.15. The molecule has 28 heavy (non-hydrogen) atoms. The van der Waals surface area contributed by atoms with E-state index in [-0.39, 0.29) is 0 Å². The monoisotopic (exact) mass is 386 g/mol. The quantitative estimate of drug-likeness (QED) is 0.578. The topological polar surface area (TPSA) is 0 Å². The summed E-state index contributed by atoms with van der Waals surface area (Å²) in [5.41, 5.74) is 6.35. The first-order valence-electron chi connectivity index (χ1n) is 10.8. The lowest BCUT2D eigenvalue weighted by Crippen LogP contribution is -2.61. The van der Waals surface area contributed by atoms with Gasteiger partial charge >= 0.3 is 0 Å². The van der Waals surface area contributed by atoms with Gasteiger partial charge in [-0.3, -0.25) is 0 Å². The highest BCUT2D eigenvalue weighted by Crippen LogP contribution is 2.52. The summed E-state index contributed by atoms with van der Waals surface area (Å²) < 4.78 is 0. The molecule has 1 fully saturated rings. The van der Waals surface area contributed by atoms with E-state index in [1.165, 1.54) is 28.7 Å². The van der Waals surface area contributed by atoms with E-state index in [1.54, 1.807) is 10.4 Å². The number of hydrogen-bond donors (Lipinski definition) is 0. The lowest BCUT2D eigenvalue weighted by atomic mass is 9.92. The fourth-order valence-corrected chi connectivity index (χ4v) is 11.9. The molecule has 2 aliphatic rings. The van der Waals surface area contributed by atoms with Crippen LogP contribution in [0.4, 0.5) is 0 Å². The van der Waals surface area contributed by atoms with Gasteiger partial charge in [-0.1, -0.05) is 107 Å². The van der Waals surface area contributed by atoms with Crippen LogP contribution in [0, 0.1) is 45.4 Å². The highest BCUT2D eigenvalue weighted by atomic mass is 28.3. The molecule has 0 heterocycles. The summed E-state index contributed by atoms with van der Waals surface area (Å²) in [6.45, 7) is 14.2. The Balaban J connectivity index is 1.96. The molecule has 0 radical (unpaired) electrons. The Morgan fingerprint density at radius 2 is 1.18 bits per heavy atom. The fraction of sp³-hybridized carbons (Fsp3) is 0.407. The van der Waals surface area contributed by atoms with Crippen LogP contribution in [0.25, 0.3) is 0 Å². The normalized spacial score (nSPS) is 26.5. The molecule has 0 nitrogen and oxygen atoms in total. The van der Waals surface area contributed by atoms with E-state index in [1.807, 2.05) is 0 Å². The number of allylic oxidation sites excluding steroid dienone is 4. The summed E-state index contributed by atoms with van der Waals surface area (Å²) in [7, 11) is -1.95. The zero-order chi connectivity index (χ0) is 20.1. The van der Waals surface area contributed by atoms with Gasteiger partial charge in [-0.05, 0) is 57.4 Å². The molecule has 4 unspecified atom stereocenters. The number of fused-ring (bicyclic) bond motifs is 1. The van der Waals surface area contributed by atoms with Crippen molar-refractivity contribution in [3.8, 4) is 0 Å². The third kappa shape index (κ3) is 3.24. The summed E-state index contributed by atoms with van der Waals surface area (Å²) in [5, 5.41) is 3.24. The van der Waals surface area contributed by atoms with Crippen LogP contribution in [-0.4, -0.2) is 8.07 Å². The molecule has 0 N–H and O–H groups in total. The minimum Gasteiger partial charge on any atom is -0.0808 e. The van der Waals surface area contributed by atoms with Gasteiger partial charge in [0.05, 0.1) is 0 Å². The summed E-state index contributed by atoms with van der Waals surface area (Å²) in [6, 6.07) is 14.6. The van der Waals surface area contributed by atoms with Gasteiger partial charge in [0, 0.05) is 0 Å². The zero-order valence-electron chi connectivity index (χ0n) is 18.3. The zero-order valence-corrected chi connectivity index (χ0v) is 19.3. The number of rotatable bonds is 3. The van der Waals surface area contributed by atoms with Gasteiger partial charge in [0.25, 0.3) is 0 Å². The van der Waals surface area contributed by atoms with Gasteiger partial charge in [-0.2, -0.15) is 0 Å². The predicted octanol–water partition coefficient (Wildman–Crippen LogP) is 5.88. The first-order chi connectivity index (χ1) is 13.3. The molecule has 0 aliphatic heterocycles. The van der Waals surface area contributed by atoms with Crippen molar-refractivity contribution < 1.29 is 0 Å². The van der Waals surface area contributed by atoms with Crippen LogP contribution in [0.2, 0.25) is 12.1 Å². The summed E-state index contributed by atoms with van der Waals surface area (Å²) in [6.07, 6.45) is 10.9. The van der Waals surface area contributed by atoms with Gasteiger partial charge in [0.1, 0.15) is 8.07 Å². The van der Waals surface area contributed by atoms with Crippen molar-refractivity contribution in [1.29, 1.82) is 0 Å². The molecule has 0 saturated heterocycles. The largest absolute Gasteiger partial charge is 0.119 e. The number of aryl methyl sites for hydroxylation is 4. The highest BCUT2D eigenvalue weighted by Gasteiger charge is 2.51. The first-order valence-corrected chi connectivity index (χ1v) is 13.4. The van der Waals surface area contributed by atoms with Crippen LogP contribution in [0.3, 0.4) is 0 Å². The van der Waals surface area contributed by atoms with Gasteiger partial charge in [-0.15, -0.1) is 0 Å². The van der Waals surface area contributed by atoms with Crippen molar-refractivity contribution in [3.63, 3.8) is 0 Å². The Kier molecular flexibility index (Phi) is 4.99. The molecule has 4 atom stereocenters. The van der Waals surface area contributed by atoms with E-state index in [2.05, 4.69) is 102 Å². The highest BCUT2D eigenvalue weighted by molar-refractivity contribution is 7.02. The molecule has 146 valence electrons. The average molecular weight is 387 g/mol. The molecule has 4 rings (SSSR count). The van der Waals surface area contributed by atoms with Gasteiger partial charge < -0.3 is 0 Å². The van der Waals surface area contributed by atoms with E-state index >= 15 is 0 Å². The van der Waals surface area contributed by atoms with E-state index in [9.17, 15) is 0 Å². The maximum Gasteiger partial charge on any atom is 0.119 e. The number of hydrogen-bond acceptors (Lipinski definition) is 0. The Bertz CT molecular complexity index is 857. The van der Waals surface area contributed by atoms with Gasteiger partial charge in [-0.25, -0.2) is 0 Å². The van der Waals surface area contributed by atoms with Crippen molar-refractivity contribution >= 4 is 18.4 Å². The lowest BCUT2D eigenvalue weighted by molar-refractivity contribution is 0.545. The molecule has 0 aromatic heterocycles. The minimum atomic E-state index is -1.95. The van der Waals surface area contributed by atoms with E-state index in [0.717, 1.165) is 11.5 Å². The first kappa shape index (κ1) is 19.5. The summed E-state index contributed by atoms with van der Waals surface area (Å²) >= 11 is 0. The Morgan fingerprint density at radius 1 is 0.714 bits per heavy atom.